The summed E-state index contributed by atoms with van der Waals surface area (Å²) in [7, 11) is 0. The quantitative estimate of drug-likeness (QED) is 0.642. The van der Waals surface area contributed by atoms with Crippen LogP contribution in [0.2, 0.25) is 0 Å². The zero-order valence-electron chi connectivity index (χ0n) is 11.6. The topological polar surface area (TPSA) is 88.3 Å². The standard InChI is InChI=1S/C15H16N2O4/c1-2-21-15(20)14(19)16-8-7-11-9-10-5-3-4-6-12(10)17-13(11)18/h3-6,9H,2,7-8H2,1H3,(H,16,19)(H,17,18). The number of carbonyl (C=O) groups is 2. The number of pyridine rings is 1. The maximum Gasteiger partial charge on any atom is 0.396 e. The van der Waals surface area contributed by atoms with E-state index in [0.29, 0.717) is 12.0 Å². The van der Waals surface area contributed by atoms with Crippen molar-refractivity contribution in [3.05, 3.63) is 46.2 Å². The molecule has 1 heterocycles. The Morgan fingerprint density at radius 2 is 2.05 bits per heavy atom. The maximum atomic E-state index is 11.9. The number of para-hydroxylation sites is 1. The Bertz CT molecular complexity index is 721. The van der Waals surface area contributed by atoms with Gasteiger partial charge in [-0.3, -0.25) is 9.59 Å². The van der Waals surface area contributed by atoms with Gasteiger partial charge in [0.15, 0.2) is 0 Å². The molecule has 0 radical (unpaired) electrons. The molecule has 2 aromatic rings. The normalized spacial score (nSPS) is 10.3. The average Bonchev–Trinajstić information content (AvgIpc) is 2.47. The monoisotopic (exact) mass is 288 g/mol. The zero-order valence-corrected chi connectivity index (χ0v) is 11.6. The van der Waals surface area contributed by atoms with Gasteiger partial charge in [-0.15, -0.1) is 0 Å². The van der Waals surface area contributed by atoms with E-state index in [9.17, 15) is 14.4 Å². The van der Waals surface area contributed by atoms with Crippen LogP contribution in [0.4, 0.5) is 0 Å². The third kappa shape index (κ3) is 3.68. The minimum absolute atomic E-state index is 0.149. The Kier molecular flexibility index (Phi) is 4.71. The van der Waals surface area contributed by atoms with Gasteiger partial charge < -0.3 is 15.0 Å². The first-order valence-electron chi connectivity index (χ1n) is 6.67. The van der Waals surface area contributed by atoms with Crippen LogP contribution >= 0.6 is 0 Å². The summed E-state index contributed by atoms with van der Waals surface area (Å²) in [6, 6.07) is 9.23. The average molecular weight is 288 g/mol. The number of aromatic nitrogens is 1. The molecular formula is C15H16N2O4. The van der Waals surface area contributed by atoms with Crippen LogP contribution in [0.15, 0.2) is 35.1 Å². The maximum absolute atomic E-state index is 11.9. The van der Waals surface area contributed by atoms with E-state index in [1.807, 2.05) is 24.3 Å². The van der Waals surface area contributed by atoms with E-state index in [-0.39, 0.29) is 18.7 Å². The van der Waals surface area contributed by atoms with Gasteiger partial charge in [0.05, 0.1) is 6.61 Å². The molecular weight excluding hydrogens is 272 g/mol. The molecule has 2 N–H and O–H groups in total. The minimum atomic E-state index is -0.912. The molecule has 0 aliphatic heterocycles. The van der Waals surface area contributed by atoms with E-state index in [2.05, 4.69) is 15.0 Å². The van der Waals surface area contributed by atoms with Crippen molar-refractivity contribution < 1.29 is 14.3 Å². The van der Waals surface area contributed by atoms with Crippen LogP contribution in [0.3, 0.4) is 0 Å². The summed E-state index contributed by atoms with van der Waals surface area (Å²) in [6.07, 6.45) is 0.339. The third-order valence-electron chi connectivity index (χ3n) is 2.97. The lowest BCUT2D eigenvalue weighted by Gasteiger charge is -2.05. The van der Waals surface area contributed by atoms with Crippen LogP contribution < -0.4 is 10.9 Å². The van der Waals surface area contributed by atoms with Gasteiger partial charge in [-0.2, -0.15) is 0 Å². The number of carbonyl (C=O) groups excluding carboxylic acids is 2. The lowest BCUT2D eigenvalue weighted by molar-refractivity contribution is -0.154. The first kappa shape index (κ1) is 14.8. The lowest BCUT2D eigenvalue weighted by atomic mass is 10.1. The molecule has 0 bridgehead atoms. The molecule has 0 atom stereocenters. The summed E-state index contributed by atoms with van der Waals surface area (Å²) in [5.41, 5.74) is 1.12. The smallest absolute Gasteiger partial charge is 0.396 e. The first-order valence-corrected chi connectivity index (χ1v) is 6.67. The molecule has 1 aromatic carbocycles. The van der Waals surface area contributed by atoms with Crippen molar-refractivity contribution >= 4 is 22.8 Å². The highest BCUT2D eigenvalue weighted by atomic mass is 16.5. The van der Waals surface area contributed by atoms with Gasteiger partial charge >= 0.3 is 11.9 Å². The molecule has 1 aromatic heterocycles. The number of nitrogens with one attached hydrogen (secondary N) is 2. The van der Waals surface area contributed by atoms with Crippen LogP contribution in [-0.4, -0.2) is 30.0 Å². The predicted molar refractivity (Wildman–Crippen MR) is 77.9 cm³/mol. The van der Waals surface area contributed by atoms with Gasteiger partial charge in [-0.1, -0.05) is 18.2 Å². The number of fused-ring (bicyclic) bond motifs is 1. The molecule has 0 fully saturated rings. The van der Waals surface area contributed by atoms with Crippen molar-refractivity contribution in [3.8, 4) is 0 Å². The second kappa shape index (κ2) is 6.69. The Morgan fingerprint density at radius 1 is 1.29 bits per heavy atom. The molecule has 0 aliphatic rings. The fraction of sp³-hybridized carbons (Fsp3) is 0.267. The van der Waals surface area contributed by atoms with E-state index in [4.69, 9.17) is 0 Å². The van der Waals surface area contributed by atoms with Crippen molar-refractivity contribution in [2.75, 3.05) is 13.2 Å². The molecule has 6 nitrogen and oxygen atoms in total. The third-order valence-corrected chi connectivity index (χ3v) is 2.97. The van der Waals surface area contributed by atoms with Crippen molar-refractivity contribution in [2.45, 2.75) is 13.3 Å². The van der Waals surface area contributed by atoms with Gasteiger partial charge in [0.25, 0.3) is 5.56 Å². The van der Waals surface area contributed by atoms with Gasteiger partial charge in [-0.25, -0.2) is 4.79 Å². The van der Waals surface area contributed by atoms with Crippen molar-refractivity contribution in [2.24, 2.45) is 0 Å². The number of H-pyrrole nitrogens is 1. The summed E-state index contributed by atoms with van der Waals surface area (Å²) in [5, 5.41) is 3.34. The number of rotatable bonds is 4. The highest BCUT2D eigenvalue weighted by Crippen LogP contribution is 2.10. The number of hydrogen-bond acceptors (Lipinski definition) is 4. The Labute approximate surface area is 121 Å². The second-order valence-corrected chi connectivity index (χ2v) is 4.44. The van der Waals surface area contributed by atoms with Crippen molar-refractivity contribution in [3.63, 3.8) is 0 Å². The van der Waals surface area contributed by atoms with E-state index < -0.39 is 11.9 Å². The van der Waals surface area contributed by atoms with Crippen LogP contribution in [0.25, 0.3) is 10.9 Å². The summed E-state index contributed by atoms with van der Waals surface area (Å²) >= 11 is 0. The molecule has 0 aliphatic carbocycles. The van der Waals surface area contributed by atoms with E-state index in [1.54, 1.807) is 13.0 Å². The molecule has 2 rings (SSSR count). The van der Waals surface area contributed by atoms with Gasteiger partial charge in [0, 0.05) is 17.6 Å². The van der Waals surface area contributed by atoms with Crippen molar-refractivity contribution in [1.29, 1.82) is 0 Å². The number of aromatic amines is 1. The molecule has 1 amide bonds. The van der Waals surface area contributed by atoms with Crippen LogP contribution in [0.1, 0.15) is 12.5 Å². The highest BCUT2D eigenvalue weighted by molar-refractivity contribution is 6.32. The fourth-order valence-electron chi connectivity index (χ4n) is 1.96. The summed E-state index contributed by atoms with van der Waals surface area (Å²) in [4.78, 5) is 37.1. The zero-order chi connectivity index (χ0) is 15.2. The van der Waals surface area contributed by atoms with Gasteiger partial charge in [0.2, 0.25) is 0 Å². The van der Waals surface area contributed by atoms with E-state index in [0.717, 1.165) is 10.9 Å². The van der Waals surface area contributed by atoms with Gasteiger partial charge in [-0.05, 0) is 30.9 Å². The second-order valence-electron chi connectivity index (χ2n) is 4.44. The summed E-state index contributed by atoms with van der Waals surface area (Å²) < 4.78 is 4.57. The van der Waals surface area contributed by atoms with Crippen molar-refractivity contribution in [1.82, 2.24) is 10.3 Å². The Morgan fingerprint density at radius 3 is 2.81 bits per heavy atom. The number of hydrogen-bond donors (Lipinski definition) is 2. The molecule has 21 heavy (non-hydrogen) atoms. The number of ether oxygens (including phenoxy) is 1. The Balaban J connectivity index is 2.00. The van der Waals surface area contributed by atoms with Crippen LogP contribution in [-0.2, 0) is 20.7 Å². The lowest BCUT2D eigenvalue weighted by Crippen LogP contribution is -2.34. The van der Waals surface area contributed by atoms with Gasteiger partial charge in [0.1, 0.15) is 0 Å². The number of benzene rings is 1. The summed E-state index contributed by atoms with van der Waals surface area (Å²) in [5.74, 6) is -1.71. The largest absolute Gasteiger partial charge is 0.459 e. The van der Waals surface area contributed by atoms with E-state index in [1.165, 1.54) is 0 Å². The molecule has 0 saturated heterocycles. The molecule has 110 valence electrons. The number of esters is 1. The number of amides is 1. The molecule has 0 saturated carbocycles. The van der Waals surface area contributed by atoms with Crippen LogP contribution in [0.5, 0.6) is 0 Å². The highest BCUT2D eigenvalue weighted by Gasteiger charge is 2.13. The predicted octanol–water partition coefficient (Wildman–Crippen LogP) is 0.750. The first-order chi connectivity index (χ1) is 10.1. The summed E-state index contributed by atoms with van der Waals surface area (Å²) in [6.45, 7) is 1.97. The molecule has 0 unspecified atom stereocenters. The minimum Gasteiger partial charge on any atom is -0.459 e. The SMILES string of the molecule is CCOC(=O)C(=O)NCCc1cc2ccccc2[nH]c1=O. The molecule has 6 heteroatoms. The van der Waals surface area contributed by atoms with Crippen LogP contribution in [0, 0.1) is 0 Å². The Hall–Kier alpha value is -2.63. The molecule has 0 spiro atoms. The van der Waals surface area contributed by atoms with E-state index >= 15 is 0 Å². The fourth-order valence-corrected chi connectivity index (χ4v) is 1.96.